The summed E-state index contributed by atoms with van der Waals surface area (Å²) in [7, 11) is 5.58. The number of aromatic nitrogens is 1. The van der Waals surface area contributed by atoms with Gasteiger partial charge in [-0.3, -0.25) is 4.79 Å². The maximum atomic E-state index is 14.0. The molecule has 1 aliphatic rings. The smallest absolute Gasteiger partial charge is 0.318 e. The molecule has 0 saturated carbocycles. The summed E-state index contributed by atoms with van der Waals surface area (Å²) in [6, 6.07) is 21.1. The van der Waals surface area contributed by atoms with Crippen LogP contribution in [-0.4, -0.2) is 80.1 Å². The van der Waals surface area contributed by atoms with E-state index in [9.17, 15) is 9.59 Å². The van der Waals surface area contributed by atoms with Crippen LogP contribution in [0.4, 0.5) is 16.2 Å². The Kier molecular flexibility index (Phi) is 9.21. The zero-order chi connectivity index (χ0) is 30.5. The third-order valence-electron chi connectivity index (χ3n) is 8.16. The van der Waals surface area contributed by atoms with Gasteiger partial charge in [0.15, 0.2) is 0 Å². The predicted octanol–water partition coefficient (Wildman–Crippen LogP) is 5.19. The summed E-state index contributed by atoms with van der Waals surface area (Å²) >= 11 is 0. The summed E-state index contributed by atoms with van der Waals surface area (Å²) < 4.78 is 5.57. The molecule has 2 atom stereocenters. The number of ether oxygens (including phenoxy) is 1. The number of carbonyl (C=O) groups is 2. The second kappa shape index (κ2) is 13.2. The molecular weight excluding hydrogens is 540 g/mol. The van der Waals surface area contributed by atoms with E-state index in [1.807, 2.05) is 69.7 Å². The van der Waals surface area contributed by atoms with Gasteiger partial charge in [0.2, 0.25) is 5.91 Å². The summed E-state index contributed by atoms with van der Waals surface area (Å²) in [5.74, 6) is -0.0532. The molecular formula is C34H42N6O3. The standard InChI is InChI=1S/C34H42N6O3/c1-23-10-13-26(14-11-23)39-16-18-40(19-17-39)34(42)37-32(24(2)28-21-35-29-9-7-6-8-27(28)29)33(41)36-30-20-25(22-38(3)4)12-15-31(30)43-5/h6-15,20-21,24,32,35H,16-19,22H2,1-5H3,(H,36,41)(H,37,42)/t24-,32+/m0/s1. The molecule has 3 aromatic carbocycles. The Morgan fingerprint density at radius 1 is 1.00 bits per heavy atom. The van der Waals surface area contributed by atoms with Crippen molar-refractivity contribution in [3.63, 3.8) is 0 Å². The fourth-order valence-electron chi connectivity index (χ4n) is 5.74. The average Bonchev–Trinajstić information content (AvgIpc) is 3.44. The van der Waals surface area contributed by atoms with Crippen LogP contribution in [0.2, 0.25) is 0 Å². The van der Waals surface area contributed by atoms with Crippen LogP contribution in [0, 0.1) is 6.92 Å². The monoisotopic (exact) mass is 582 g/mol. The second-order valence-electron chi connectivity index (χ2n) is 11.6. The van der Waals surface area contributed by atoms with E-state index in [4.69, 9.17) is 4.74 Å². The van der Waals surface area contributed by atoms with E-state index in [0.717, 1.165) is 40.8 Å². The number of piperazine rings is 1. The van der Waals surface area contributed by atoms with Crippen molar-refractivity contribution in [2.24, 2.45) is 0 Å². The molecule has 9 heteroatoms. The number of methoxy groups -OCH3 is 1. The normalized spacial score (nSPS) is 14.9. The van der Waals surface area contributed by atoms with Crippen molar-refractivity contribution >= 4 is 34.2 Å². The van der Waals surface area contributed by atoms with Gasteiger partial charge in [-0.15, -0.1) is 0 Å². The van der Waals surface area contributed by atoms with Gasteiger partial charge in [-0.05, 0) is 62.5 Å². The first-order chi connectivity index (χ1) is 20.7. The maximum Gasteiger partial charge on any atom is 0.318 e. The molecule has 1 aromatic heterocycles. The van der Waals surface area contributed by atoms with Crippen LogP contribution in [0.5, 0.6) is 5.75 Å². The number of nitrogens with one attached hydrogen (secondary N) is 3. The zero-order valence-electron chi connectivity index (χ0n) is 25.7. The molecule has 0 radical (unpaired) electrons. The first kappa shape index (κ1) is 30.0. The molecule has 1 saturated heterocycles. The highest BCUT2D eigenvalue weighted by atomic mass is 16.5. The van der Waals surface area contributed by atoms with E-state index in [1.54, 1.807) is 12.0 Å². The maximum absolute atomic E-state index is 14.0. The molecule has 1 aliphatic heterocycles. The van der Waals surface area contributed by atoms with Crippen molar-refractivity contribution in [3.8, 4) is 5.75 Å². The van der Waals surface area contributed by atoms with Gasteiger partial charge < -0.3 is 35.1 Å². The Morgan fingerprint density at radius 2 is 1.72 bits per heavy atom. The molecule has 4 aromatic rings. The Hall–Kier alpha value is -4.50. The van der Waals surface area contributed by atoms with E-state index in [2.05, 4.69) is 56.6 Å². The molecule has 3 amide bonds. The fraction of sp³-hybridized carbons (Fsp3) is 0.353. The minimum atomic E-state index is -0.830. The highest BCUT2D eigenvalue weighted by Crippen LogP contribution is 2.31. The highest BCUT2D eigenvalue weighted by Gasteiger charge is 2.32. The number of para-hydroxylation sites is 1. The lowest BCUT2D eigenvalue weighted by Gasteiger charge is -2.37. The second-order valence-corrected chi connectivity index (χ2v) is 11.6. The Balaban J connectivity index is 1.37. The Bertz CT molecular complexity index is 1560. The van der Waals surface area contributed by atoms with Gasteiger partial charge >= 0.3 is 6.03 Å². The molecule has 3 N–H and O–H groups in total. The Labute approximate surface area is 253 Å². The van der Waals surface area contributed by atoms with Crippen molar-refractivity contribution in [1.82, 2.24) is 20.1 Å². The van der Waals surface area contributed by atoms with Gasteiger partial charge in [-0.25, -0.2) is 4.79 Å². The van der Waals surface area contributed by atoms with E-state index >= 15 is 0 Å². The summed E-state index contributed by atoms with van der Waals surface area (Å²) in [6.07, 6.45) is 1.93. The SMILES string of the molecule is COc1ccc(CN(C)C)cc1NC(=O)[C@H](NC(=O)N1CCN(c2ccc(C)cc2)CC1)[C@@H](C)c1c[nH]c2ccccc12. The molecule has 5 rings (SSSR count). The summed E-state index contributed by atoms with van der Waals surface area (Å²) in [5, 5.41) is 7.20. The molecule has 0 unspecified atom stereocenters. The number of rotatable bonds is 9. The third kappa shape index (κ3) is 6.94. The number of aryl methyl sites for hydroxylation is 1. The van der Waals surface area contributed by atoms with Gasteiger partial charge in [-0.1, -0.05) is 48.9 Å². The topological polar surface area (TPSA) is 92.9 Å². The number of urea groups is 1. The first-order valence-corrected chi connectivity index (χ1v) is 14.8. The van der Waals surface area contributed by atoms with Gasteiger partial charge in [0.25, 0.3) is 0 Å². The minimum Gasteiger partial charge on any atom is -0.495 e. The number of amides is 3. The molecule has 0 aliphatic carbocycles. The number of aromatic amines is 1. The van der Waals surface area contributed by atoms with Crippen LogP contribution in [0.1, 0.15) is 29.5 Å². The first-order valence-electron chi connectivity index (χ1n) is 14.8. The van der Waals surface area contributed by atoms with E-state index < -0.39 is 6.04 Å². The number of benzene rings is 3. The van der Waals surface area contributed by atoms with Crippen molar-refractivity contribution in [1.29, 1.82) is 0 Å². The van der Waals surface area contributed by atoms with Crippen LogP contribution >= 0.6 is 0 Å². The van der Waals surface area contributed by atoms with Crippen molar-refractivity contribution < 1.29 is 14.3 Å². The van der Waals surface area contributed by atoms with E-state index in [0.29, 0.717) is 31.1 Å². The quantitative estimate of drug-likeness (QED) is 0.253. The number of fused-ring (bicyclic) bond motifs is 1. The van der Waals surface area contributed by atoms with Crippen LogP contribution in [0.25, 0.3) is 10.9 Å². The molecule has 9 nitrogen and oxygen atoms in total. The molecule has 0 bridgehead atoms. The third-order valence-corrected chi connectivity index (χ3v) is 8.16. The summed E-state index contributed by atoms with van der Waals surface area (Å²) in [4.78, 5) is 37.2. The van der Waals surface area contributed by atoms with Crippen molar-refractivity contribution in [2.45, 2.75) is 32.4 Å². The summed E-state index contributed by atoms with van der Waals surface area (Å²) in [5.41, 5.74) is 5.94. The predicted molar refractivity (Wildman–Crippen MR) is 173 cm³/mol. The van der Waals surface area contributed by atoms with Gasteiger partial charge in [0.05, 0.1) is 12.8 Å². The largest absolute Gasteiger partial charge is 0.495 e. The lowest BCUT2D eigenvalue weighted by Crippen LogP contribution is -2.56. The minimum absolute atomic E-state index is 0.247. The van der Waals surface area contributed by atoms with Gasteiger partial charge in [0.1, 0.15) is 11.8 Å². The lowest BCUT2D eigenvalue weighted by molar-refractivity contribution is -0.118. The van der Waals surface area contributed by atoms with Gasteiger partial charge in [0, 0.05) is 61.4 Å². The molecule has 43 heavy (non-hydrogen) atoms. The fourth-order valence-corrected chi connectivity index (χ4v) is 5.74. The Morgan fingerprint density at radius 3 is 2.42 bits per heavy atom. The lowest BCUT2D eigenvalue weighted by atomic mass is 9.92. The van der Waals surface area contributed by atoms with Crippen LogP contribution in [0.15, 0.2) is 72.9 Å². The number of carbonyl (C=O) groups excluding carboxylic acids is 2. The molecule has 226 valence electrons. The van der Waals surface area contributed by atoms with Crippen LogP contribution < -0.4 is 20.3 Å². The van der Waals surface area contributed by atoms with Crippen LogP contribution in [-0.2, 0) is 11.3 Å². The number of nitrogens with zero attached hydrogens (tertiary/aromatic N) is 3. The van der Waals surface area contributed by atoms with Crippen molar-refractivity contribution in [2.75, 3.05) is 57.6 Å². The summed E-state index contributed by atoms with van der Waals surface area (Å²) in [6.45, 7) is 7.35. The van der Waals surface area contributed by atoms with Crippen molar-refractivity contribution in [3.05, 3.63) is 89.6 Å². The number of hydrogen-bond donors (Lipinski definition) is 3. The van der Waals surface area contributed by atoms with E-state index in [-0.39, 0.29) is 17.9 Å². The van der Waals surface area contributed by atoms with E-state index in [1.165, 1.54) is 5.56 Å². The van der Waals surface area contributed by atoms with Crippen LogP contribution in [0.3, 0.4) is 0 Å². The molecule has 1 fully saturated rings. The molecule has 2 heterocycles. The number of anilines is 2. The molecule has 0 spiro atoms. The zero-order valence-corrected chi connectivity index (χ0v) is 25.7. The van der Waals surface area contributed by atoms with Gasteiger partial charge in [-0.2, -0.15) is 0 Å². The number of hydrogen-bond acceptors (Lipinski definition) is 5. The number of H-pyrrole nitrogens is 1. The average molecular weight is 583 g/mol. The highest BCUT2D eigenvalue weighted by molar-refractivity contribution is 5.99.